The van der Waals surface area contributed by atoms with Gasteiger partial charge < -0.3 is 13.9 Å². The summed E-state index contributed by atoms with van der Waals surface area (Å²) in [6.07, 6.45) is 0.747. The summed E-state index contributed by atoms with van der Waals surface area (Å²) in [4.78, 5) is 11.6. The Morgan fingerprint density at radius 2 is 1.17 bits per heavy atom. The zero-order valence-electron chi connectivity index (χ0n) is 12.5. The fourth-order valence-corrected chi connectivity index (χ4v) is 2.98. The minimum atomic E-state index is -4.17. The second kappa shape index (κ2) is 9.61. The topological polar surface area (TPSA) is 58.6 Å². The molecule has 0 heterocycles. The average molecular weight is 331 g/mol. The van der Waals surface area contributed by atoms with Crippen molar-refractivity contribution in [2.75, 3.05) is 0 Å². The zero-order valence-corrected chi connectivity index (χ0v) is 16.4. The van der Waals surface area contributed by atoms with Crippen molar-refractivity contribution in [2.24, 2.45) is 11.8 Å². The van der Waals surface area contributed by atoms with Crippen molar-refractivity contribution in [1.82, 2.24) is 0 Å². The normalized spacial score (nSPS) is 18.3. The number of hydrogen-bond donors (Lipinski definition) is 0. The summed E-state index contributed by atoms with van der Waals surface area (Å²) in [5.74, 6) is 0.802. The first-order chi connectivity index (χ1) is 7.62. The van der Waals surface area contributed by atoms with Gasteiger partial charge in [-0.2, -0.15) is 0 Å². The molecule has 0 amide bonds. The van der Waals surface area contributed by atoms with Crippen molar-refractivity contribution in [3.8, 4) is 0 Å². The summed E-state index contributed by atoms with van der Waals surface area (Å²) in [6.45, 7) is 11.6. The minimum absolute atomic E-state index is 0. The van der Waals surface area contributed by atoms with Crippen molar-refractivity contribution in [1.29, 1.82) is 0 Å². The van der Waals surface area contributed by atoms with E-state index in [9.17, 15) is 9.46 Å². The smallest absolute Gasteiger partial charge is 0.268 e. The maximum Gasteiger partial charge on any atom is 0.268 e. The third-order valence-electron chi connectivity index (χ3n) is 2.22. The maximum absolute atomic E-state index is 11.6. The van der Waals surface area contributed by atoms with Crippen LogP contribution in [0.1, 0.15) is 54.4 Å². The first-order valence-electron chi connectivity index (χ1n) is 6.30. The van der Waals surface area contributed by atoms with E-state index in [0.717, 1.165) is 0 Å². The first kappa shape index (κ1) is 21.0. The molecule has 0 rings (SSSR count). The molecule has 0 aromatic carbocycles. The van der Waals surface area contributed by atoms with Gasteiger partial charge in [-0.15, -0.1) is 0 Å². The Morgan fingerprint density at radius 3 is 1.39 bits per heavy atom. The second-order valence-corrected chi connectivity index (χ2v) is 6.85. The van der Waals surface area contributed by atoms with E-state index in [-0.39, 0.29) is 31.7 Å². The van der Waals surface area contributed by atoms with Crippen molar-refractivity contribution < 1.29 is 38.0 Å². The van der Waals surface area contributed by atoms with Crippen LogP contribution in [-0.4, -0.2) is 12.2 Å². The Bertz CT molecular complexity index is 236. The Morgan fingerprint density at radius 1 is 0.889 bits per heavy atom. The Balaban J connectivity index is 0. The minimum Gasteiger partial charge on any atom is -0.756 e. The number of rotatable bonds is 8. The van der Waals surface area contributed by atoms with Crippen LogP contribution in [0.2, 0.25) is 0 Å². The first-order valence-corrected chi connectivity index (χ1v) is 7.76. The SMILES string of the molecule is CC(C)CC(C)OP(=O)([O-])OC(C)CC(C)C.[Zn]. The van der Waals surface area contributed by atoms with Gasteiger partial charge in [0.1, 0.15) is 0 Å². The molecule has 0 N–H and O–H groups in total. The molecule has 0 radical (unpaired) electrons. The predicted octanol–water partition coefficient (Wildman–Crippen LogP) is 3.35. The third-order valence-corrected chi connectivity index (χ3v) is 3.46. The molecule has 0 saturated carbocycles. The summed E-state index contributed by atoms with van der Waals surface area (Å²) >= 11 is 0. The summed E-state index contributed by atoms with van der Waals surface area (Å²) in [6, 6.07) is 0. The van der Waals surface area contributed by atoms with Crippen LogP contribution in [0.15, 0.2) is 0 Å². The fraction of sp³-hybridized carbons (Fsp3) is 1.00. The molecule has 0 spiro atoms. The van der Waals surface area contributed by atoms with Gasteiger partial charge >= 0.3 is 0 Å². The molecule has 2 atom stereocenters. The van der Waals surface area contributed by atoms with E-state index in [1.165, 1.54) is 0 Å². The molecule has 0 saturated heterocycles. The molecule has 6 heteroatoms. The Labute approximate surface area is 124 Å². The molecule has 0 aliphatic carbocycles. The van der Waals surface area contributed by atoms with E-state index < -0.39 is 7.82 Å². The van der Waals surface area contributed by atoms with Crippen LogP contribution in [0.3, 0.4) is 0 Å². The van der Waals surface area contributed by atoms with Crippen LogP contribution in [0.4, 0.5) is 0 Å². The van der Waals surface area contributed by atoms with Gasteiger partial charge in [0.15, 0.2) is 0 Å². The van der Waals surface area contributed by atoms with Crippen molar-refractivity contribution >= 4 is 7.82 Å². The number of phosphoric acid groups is 1. The van der Waals surface area contributed by atoms with Gasteiger partial charge in [-0.05, 0) is 38.5 Å². The fourth-order valence-electron chi connectivity index (χ4n) is 1.88. The van der Waals surface area contributed by atoms with Crippen LogP contribution in [0.25, 0.3) is 0 Å². The largest absolute Gasteiger partial charge is 0.756 e. The standard InChI is InChI=1S/C12H27O4P.Zn/c1-9(2)7-11(5)15-17(13,14)16-12(6)8-10(3)4;/h9-12H,7-8H2,1-6H3,(H,13,14);/p-1. The van der Waals surface area contributed by atoms with Crippen molar-refractivity contribution in [2.45, 2.75) is 66.6 Å². The molecule has 106 valence electrons. The van der Waals surface area contributed by atoms with E-state index in [1.807, 2.05) is 27.7 Å². The van der Waals surface area contributed by atoms with E-state index in [2.05, 4.69) is 0 Å². The van der Waals surface area contributed by atoms with Crippen molar-refractivity contribution in [3.05, 3.63) is 0 Å². The van der Waals surface area contributed by atoms with Crippen LogP contribution in [-0.2, 0) is 33.1 Å². The van der Waals surface area contributed by atoms with E-state index in [0.29, 0.717) is 24.7 Å². The van der Waals surface area contributed by atoms with Crippen LogP contribution in [0.5, 0.6) is 0 Å². The number of phosphoric ester groups is 1. The van der Waals surface area contributed by atoms with E-state index >= 15 is 0 Å². The van der Waals surface area contributed by atoms with Gasteiger partial charge in [-0.1, -0.05) is 27.7 Å². The van der Waals surface area contributed by atoms with Crippen molar-refractivity contribution in [3.63, 3.8) is 0 Å². The molecule has 0 aliphatic heterocycles. The van der Waals surface area contributed by atoms with Gasteiger partial charge in [-0.3, -0.25) is 4.57 Å². The summed E-state index contributed by atoms with van der Waals surface area (Å²) in [5.41, 5.74) is 0. The van der Waals surface area contributed by atoms with Gasteiger partial charge in [0, 0.05) is 19.5 Å². The van der Waals surface area contributed by atoms with Gasteiger partial charge in [-0.25, -0.2) is 0 Å². The predicted molar refractivity (Wildman–Crippen MR) is 67.6 cm³/mol. The molecule has 0 aromatic heterocycles. The second-order valence-electron chi connectivity index (χ2n) is 5.54. The van der Waals surface area contributed by atoms with Gasteiger partial charge in [0.2, 0.25) is 0 Å². The molecule has 0 aromatic rings. The van der Waals surface area contributed by atoms with E-state index in [1.54, 1.807) is 13.8 Å². The Kier molecular flexibility index (Phi) is 11.2. The summed E-state index contributed by atoms with van der Waals surface area (Å²) in [7, 11) is -4.17. The molecule has 0 aliphatic rings. The molecule has 0 bridgehead atoms. The van der Waals surface area contributed by atoms with E-state index in [4.69, 9.17) is 9.05 Å². The average Bonchev–Trinajstić information content (AvgIpc) is 1.95. The van der Waals surface area contributed by atoms with Crippen LogP contribution in [0, 0.1) is 11.8 Å². The summed E-state index contributed by atoms with van der Waals surface area (Å²) < 4.78 is 21.6. The molecular formula is C12H26O4PZn-. The quantitative estimate of drug-likeness (QED) is 0.506. The van der Waals surface area contributed by atoms with Crippen LogP contribution >= 0.6 is 7.82 Å². The Hall–Kier alpha value is 0.733. The van der Waals surface area contributed by atoms with Crippen LogP contribution < -0.4 is 4.89 Å². The number of hydrogen-bond acceptors (Lipinski definition) is 4. The van der Waals surface area contributed by atoms with Gasteiger partial charge in [0.25, 0.3) is 7.82 Å². The molecule has 2 unspecified atom stereocenters. The third kappa shape index (κ3) is 11.8. The van der Waals surface area contributed by atoms with Gasteiger partial charge in [0.05, 0.1) is 12.2 Å². The molecule has 4 nitrogen and oxygen atoms in total. The maximum atomic E-state index is 11.6. The summed E-state index contributed by atoms with van der Waals surface area (Å²) in [5, 5.41) is 0. The monoisotopic (exact) mass is 329 g/mol. The molecular weight excluding hydrogens is 304 g/mol. The molecule has 18 heavy (non-hydrogen) atoms. The zero-order chi connectivity index (χ0) is 13.6. The molecule has 0 fully saturated rings.